The maximum atomic E-state index is 13.6. The van der Waals surface area contributed by atoms with Crippen LogP contribution >= 0.6 is 23.8 Å². The van der Waals surface area contributed by atoms with E-state index in [0.29, 0.717) is 22.0 Å². The van der Waals surface area contributed by atoms with Crippen molar-refractivity contribution < 1.29 is 9.59 Å². The lowest BCUT2D eigenvalue weighted by atomic mass is 10.1. The quantitative estimate of drug-likeness (QED) is 0.229. The van der Waals surface area contributed by atoms with E-state index >= 15 is 0 Å². The van der Waals surface area contributed by atoms with Crippen LogP contribution in [0.5, 0.6) is 0 Å². The number of hydrogen-bond donors (Lipinski definition) is 2. The Bertz CT molecular complexity index is 1680. The van der Waals surface area contributed by atoms with Gasteiger partial charge in [-0.3, -0.25) is 29.0 Å². The first-order valence-electron chi connectivity index (χ1n) is 11.2. The molecule has 4 aromatic rings. The first kappa shape index (κ1) is 24.4. The van der Waals surface area contributed by atoms with Crippen molar-refractivity contribution >= 4 is 69.7 Å². The number of carbonyl (C=O) groups excluding carboxylic acids is 2. The Morgan fingerprint density at radius 2 is 1.62 bits per heavy atom. The van der Waals surface area contributed by atoms with Gasteiger partial charge in [-0.15, -0.1) is 0 Å². The molecule has 37 heavy (non-hydrogen) atoms. The van der Waals surface area contributed by atoms with Gasteiger partial charge < -0.3 is 5.32 Å². The Morgan fingerprint density at radius 3 is 2.32 bits per heavy atom. The number of hydrogen-bond acceptors (Lipinski definition) is 6. The van der Waals surface area contributed by atoms with Crippen LogP contribution in [0.25, 0.3) is 11.7 Å². The Hall–Kier alpha value is -4.34. The first-order chi connectivity index (χ1) is 17.7. The van der Waals surface area contributed by atoms with Gasteiger partial charge in [-0.2, -0.15) is 0 Å². The molecule has 1 saturated heterocycles. The van der Waals surface area contributed by atoms with E-state index in [0.717, 1.165) is 11.1 Å². The lowest BCUT2D eigenvalue weighted by Gasteiger charge is -2.29. The number of nitrogens with one attached hydrogen (secondary N) is 2. The average Bonchev–Trinajstić information content (AvgIpc) is 2.86. The van der Waals surface area contributed by atoms with Crippen molar-refractivity contribution in [3.8, 4) is 0 Å². The molecular weight excluding hydrogens is 510 g/mol. The minimum atomic E-state index is -0.713. The van der Waals surface area contributed by atoms with Crippen molar-refractivity contribution in [2.24, 2.45) is 0 Å². The van der Waals surface area contributed by atoms with Crippen LogP contribution < -0.4 is 21.1 Å². The number of nitrogens with zero attached hydrogens (tertiary/aromatic N) is 3. The lowest BCUT2D eigenvalue weighted by molar-refractivity contribution is -0.122. The number of pyridine rings is 1. The minimum absolute atomic E-state index is 0.0473. The largest absolute Gasteiger partial charge is 0.339 e. The number of halogens is 1. The molecule has 1 aliphatic heterocycles. The number of aryl methyl sites for hydroxylation is 2. The Balaban J connectivity index is 1.67. The lowest BCUT2D eigenvalue weighted by Crippen LogP contribution is -2.54. The highest BCUT2D eigenvalue weighted by atomic mass is 35.5. The SMILES string of the molecule is Cc1ccc(Nc2nc3ccc(C)cn3c(=O)c2/C=C2/C(=O)NC(=S)N(c3ccc(Cl)cc3)C2=O)cc1. The van der Waals surface area contributed by atoms with Gasteiger partial charge in [0.25, 0.3) is 17.4 Å². The summed E-state index contributed by atoms with van der Waals surface area (Å²) in [6, 6.07) is 17.6. The normalized spacial score (nSPS) is 14.8. The highest BCUT2D eigenvalue weighted by molar-refractivity contribution is 7.80. The molecule has 0 atom stereocenters. The van der Waals surface area contributed by atoms with Gasteiger partial charge in [-0.1, -0.05) is 35.4 Å². The summed E-state index contributed by atoms with van der Waals surface area (Å²) in [6.07, 6.45) is 2.91. The maximum Gasteiger partial charge on any atom is 0.270 e. The summed E-state index contributed by atoms with van der Waals surface area (Å²) in [7, 11) is 0. The summed E-state index contributed by atoms with van der Waals surface area (Å²) < 4.78 is 1.38. The second-order valence-corrected chi connectivity index (χ2v) is 9.36. The number of aromatic nitrogens is 2. The summed E-state index contributed by atoms with van der Waals surface area (Å²) in [5.74, 6) is -1.18. The number of anilines is 3. The molecule has 8 nitrogen and oxygen atoms in total. The van der Waals surface area contributed by atoms with Crippen LogP contribution in [0.15, 0.2) is 77.2 Å². The van der Waals surface area contributed by atoms with Crippen molar-refractivity contribution in [2.45, 2.75) is 13.8 Å². The zero-order valence-electron chi connectivity index (χ0n) is 19.8. The van der Waals surface area contributed by atoms with Crippen LogP contribution in [0.2, 0.25) is 5.02 Å². The summed E-state index contributed by atoms with van der Waals surface area (Å²) in [6.45, 7) is 3.82. The van der Waals surface area contributed by atoms with E-state index in [9.17, 15) is 14.4 Å². The van der Waals surface area contributed by atoms with Gasteiger partial charge >= 0.3 is 0 Å². The van der Waals surface area contributed by atoms with Crippen LogP contribution in [0.3, 0.4) is 0 Å². The van der Waals surface area contributed by atoms with Crippen LogP contribution in [0, 0.1) is 13.8 Å². The third-order valence-electron chi connectivity index (χ3n) is 5.80. The van der Waals surface area contributed by atoms with Crippen LogP contribution in [0.4, 0.5) is 17.2 Å². The van der Waals surface area contributed by atoms with Crippen molar-refractivity contribution in [3.05, 3.63) is 105 Å². The maximum absolute atomic E-state index is 13.6. The predicted molar refractivity (Wildman–Crippen MR) is 148 cm³/mol. The number of thiocarbonyl (C=S) groups is 1. The van der Waals surface area contributed by atoms with Gasteiger partial charge in [0.2, 0.25) is 0 Å². The Labute approximate surface area is 222 Å². The fraction of sp³-hybridized carbons (Fsp3) is 0.0741. The molecule has 2 N–H and O–H groups in total. The standard InChI is InChI=1S/C27H20ClN5O3S/c1-15-3-8-18(9-4-15)29-23-20(25(35)32-14-16(2)5-12-22(32)30-23)13-21-24(34)31-27(37)33(26(21)36)19-10-6-17(28)7-11-19/h3-14,29H,1-2H3,(H,31,34,37)/b21-13-. The number of benzene rings is 2. The smallest absolute Gasteiger partial charge is 0.270 e. The van der Waals surface area contributed by atoms with E-state index in [1.807, 2.05) is 44.2 Å². The molecule has 2 aromatic heterocycles. The van der Waals surface area contributed by atoms with Gasteiger partial charge in [-0.25, -0.2) is 4.98 Å². The van der Waals surface area contributed by atoms with Crippen molar-refractivity contribution in [1.29, 1.82) is 0 Å². The molecule has 1 fully saturated rings. The predicted octanol–water partition coefficient (Wildman–Crippen LogP) is 4.54. The summed E-state index contributed by atoms with van der Waals surface area (Å²) in [5, 5.41) is 6.10. The second-order valence-electron chi connectivity index (χ2n) is 8.54. The van der Waals surface area contributed by atoms with Gasteiger partial charge in [-0.05, 0) is 80.2 Å². The van der Waals surface area contributed by atoms with Crippen molar-refractivity contribution in [3.63, 3.8) is 0 Å². The average molecular weight is 530 g/mol. The van der Waals surface area contributed by atoms with Gasteiger partial charge in [0, 0.05) is 16.9 Å². The van der Waals surface area contributed by atoms with E-state index in [1.165, 1.54) is 15.4 Å². The zero-order valence-corrected chi connectivity index (χ0v) is 21.4. The van der Waals surface area contributed by atoms with Gasteiger partial charge in [0.1, 0.15) is 17.0 Å². The molecule has 0 spiro atoms. The third kappa shape index (κ3) is 4.74. The molecule has 10 heteroatoms. The fourth-order valence-corrected chi connectivity index (χ4v) is 4.29. The number of rotatable bonds is 4. The fourth-order valence-electron chi connectivity index (χ4n) is 3.88. The number of fused-ring (bicyclic) bond motifs is 1. The van der Waals surface area contributed by atoms with Crippen LogP contribution in [-0.4, -0.2) is 26.3 Å². The highest BCUT2D eigenvalue weighted by Gasteiger charge is 2.35. The monoisotopic (exact) mass is 529 g/mol. The topological polar surface area (TPSA) is 95.8 Å². The molecule has 0 saturated carbocycles. The van der Waals surface area contributed by atoms with E-state index in [1.54, 1.807) is 36.5 Å². The van der Waals surface area contributed by atoms with E-state index in [-0.39, 0.29) is 22.1 Å². The molecule has 2 amide bonds. The van der Waals surface area contributed by atoms with Gasteiger partial charge in [0.05, 0.1) is 11.3 Å². The second kappa shape index (κ2) is 9.61. The van der Waals surface area contributed by atoms with Crippen molar-refractivity contribution in [2.75, 3.05) is 10.2 Å². The highest BCUT2D eigenvalue weighted by Crippen LogP contribution is 2.25. The van der Waals surface area contributed by atoms with E-state index in [2.05, 4.69) is 15.6 Å². The number of carbonyl (C=O) groups is 2. The summed E-state index contributed by atoms with van der Waals surface area (Å²) in [4.78, 5) is 45.8. The molecular formula is C27H20ClN5O3S. The van der Waals surface area contributed by atoms with Crippen molar-refractivity contribution in [1.82, 2.24) is 14.7 Å². The van der Waals surface area contributed by atoms with E-state index < -0.39 is 17.4 Å². The molecule has 1 aliphatic rings. The minimum Gasteiger partial charge on any atom is -0.339 e. The van der Waals surface area contributed by atoms with Crippen LogP contribution in [-0.2, 0) is 9.59 Å². The molecule has 3 heterocycles. The van der Waals surface area contributed by atoms with Gasteiger partial charge in [0.15, 0.2) is 5.11 Å². The molecule has 0 unspecified atom stereocenters. The third-order valence-corrected chi connectivity index (χ3v) is 6.33. The summed E-state index contributed by atoms with van der Waals surface area (Å²) >= 11 is 11.2. The molecule has 2 aromatic carbocycles. The van der Waals surface area contributed by atoms with Crippen LogP contribution in [0.1, 0.15) is 16.7 Å². The molecule has 5 rings (SSSR count). The first-order valence-corrected chi connectivity index (χ1v) is 12.0. The van der Waals surface area contributed by atoms with E-state index in [4.69, 9.17) is 23.8 Å². The Morgan fingerprint density at radius 1 is 0.946 bits per heavy atom. The molecule has 184 valence electrons. The molecule has 0 radical (unpaired) electrons. The zero-order chi connectivity index (χ0) is 26.3. The summed E-state index contributed by atoms with van der Waals surface area (Å²) in [5.41, 5.74) is 2.79. The molecule has 0 aliphatic carbocycles. The number of amides is 2. The Kier molecular flexibility index (Phi) is 6.32. The molecule has 0 bridgehead atoms.